The second kappa shape index (κ2) is 9.69. The number of carboxylic acids is 1. The summed E-state index contributed by atoms with van der Waals surface area (Å²) >= 11 is 6.41. The molecule has 174 valence electrons. The molecular weight excluding hydrogens is 452 g/mol. The van der Waals surface area contributed by atoms with Gasteiger partial charge in [0.1, 0.15) is 6.04 Å². The molecule has 0 unspecified atom stereocenters. The summed E-state index contributed by atoms with van der Waals surface area (Å²) in [6, 6.07) is 18.7. The van der Waals surface area contributed by atoms with Crippen molar-refractivity contribution in [1.82, 2.24) is 4.90 Å². The Morgan fingerprint density at radius 1 is 1.00 bits per heavy atom. The summed E-state index contributed by atoms with van der Waals surface area (Å²) in [7, 11) is 0. The van der Waals surface area contributed by atoms with Crippen LogP contribution < -0.4 is 5.32 Å². The monoisotopic (exact) mass is 476 g/mol. The maximum atomic E-state index is 13.8. The van der Waals surface area contributed by atoms with Crippen LogP contribution in [0.25, 0.3) is 11.1 Å². The number of carboxylic acid groups (broad SMARTS) is 1. The van der Waals surface area contributed by atoms with Gasteiger partial charge >= 0.3 is 5.97 Å². The molecule has 1 heterocycles. The molecule has 2 amide bonds. The Morgan fingerprint density at radius 2 is 1.71 bits per heavy atom. The maximum absolute atomic E-state index is 13.8. The molecule has 6 nitrogen and oxygen atoms in total. The lowest BCUT2D eigenvalue weighted by Gasteiger charge is -2.30. The van der Waals surface area contributed by atoms with E-state index in [-0.39, 0.29) is 11.5 Å². The molecule has 1 fully saturated rings. The first-order valence-electron chi connectivity index (χ1n) is 11.1. The number of aryl methyl sites for hydroxylation is 1. The van der Waals surface area contributed by atoms with Gasteiger partial charge in [0.25, 0.3) is 5.91 Å². The topological polar surface area (TPSA) is 86.7 Å². The number of amides is 2. The Labute approximate surface area is 203 Å². The molecule has 0 bridgehead atoms. The van der Waals surface area contributed by atoms with Crippen LogP contribution in [0.1, 0.15) is 47.3 Å². The average molecular weight is 477 g/mol. The Bertz CT molecular complexity index is 1270. The van der Waals surface area contributed by atoms with Crippen LogP contribution in [-0.4, -0.2) is 33.8 Å². The largest absolute Gasteiger partial charge is 0.480 e. The lowest BCUT2D eigenvalue weighted by atomic mass is 9.97. The molecule has 0 radical (unpaired) electrons. The molecule has 0 saturated carbocycles. The summed E-state index contributed by atoms with van der Waals surface area (Å²) in [4.78, 5) is 39.3. The molecule has 0 spiro atoms. The molecule has 34 heavy (non-hydrogen) atoms. The highest BCUT2D eigenvalue weighted by atomic mass is 35.5. The van der Waals surface area contributed by atoms with Gasteiger partial charge < -0.3 is 15.3 Å². The van der Waals surface area contributed by atoms with Crippen LogP contribution in [0, 0.1) is 6.92 Å². The summed E-state index contributed by atoms with van der Waals surface area (Å²) < 4.78 is 0. The molecule has 1 aliphatic rings. The molecule has 1 aliphatic heterocycles. The van der Waals surface area contributed by atoms with E-state index < -0.39 is 24.0 Å². The number of halogens is 1. The molecule has 4 rings (SSSR count). The normalized spacial score (nSPS) is 17.4. The van der Waals surface area contributed by atoms with Crippen molar-refractivity contribution >= 4 is 35.1 Å². The SMILES string of the molecule is CC(=O)Nc1cc(-c2ccccc2C)ccc1C(=O)N1[C@@H](c2ccccc2Cl)CC[C@H]1C(=O)O. The van der Waals surface area contributed by atoms with E-state index in [1.807, 2.05) is 49.4 Å². The third-order valence-electron chi connectivity index (χ3n) is 6.19. The third kappa shape index (κ3) is 4.54. The van der Waals surface area contributed by atoms with Gasteiger partial charge in [-0.15, -0.1) is 0 Å². The number of benzene rings is 3. The van der Waals surface area contributed by atoms with Crippen LogP contribution in [-0.2, 0) is 9.59 Å². The number of carbonyl (C=O) groups is 3. The van der Waals surface area contributed by atoms with Gasteiger partial charge in [0, 0.05) is 11.9 Å². The number of aliphatic carboxylic acids is 1. The van der Waals surface area contributed by atoms with Crippen LogP contribution in [0.4, 0.5) is 5.69 Å². The van der Waals surface area contributed by atoms with E-state index in [4.69, 9.17) is 11.6 Å². The number of carbonyl (C=O) groups excluding carboxylic acids is 2. The second-order valence-electron chi connectivity index (χ2n) is 8.44. The van der Waals surface area contributed by atoms with Crippen LogP contribution in [0.3, 0.4) is 0 Å². The zero-order valence-electron chi connectivity index (χ0n) is 18.9. The van der Waals surface area contributed by atoms with Gasteiger partial charge in [-0.05, 0) is 60.2 Å². The molecule has 1 saturated heterocycles. The first-order valence-corrected chi connectivity index (χ1v) is 11.4. The molecule has 3 aromatic rings. The van der Waals surface area contributed by atoms with Crippen LogP contribution in [0.2, 0.25) is 5.02 Å². The summed E-state index contributed by atoms with van der Waals surface area (Å²) in [5.74, 6) is -1.86. The van der Waals surface area contributed by atoms with E-state index in [0.717, 1.165) is 16.7 Å². The van der Waals surface area contributed by atoms with Crippen LogP contribution in [0.15, 0.2) is 66.7 Å². The Kier molecular flexibility index (Phi) is 6.70. The zero-order valence-corrected chi connectivity index (χ0v) is 19.7. The van der Waals surface area contributed by atoms with E-state index in [9.17, 15) is 19.5 Å². The van der Waals surface area contributed by atoms with E-state index in [0.29, 0.717) is 29.1 Å². The van der Waals surface area contributed by atoms with Gasteiger partial charge in [0.05, 0.1) is 17.3 Å². The Morgan fingerprint density at radius 3 is 2.38 bits per heavy atom. The Hall–Kier alpha value is -3.64. The van der Waals surface area contributed by atoms with Gasteiger partial charge in [0.15, 0.2) is 0 Å². The van der Waals surface area contributed by atoms with Crippen LogP contribution >= 0.6 is 11.6 Å². The molecule has 7 heteroatoms. The zero-order chi connectivity index (χ0) is 24.4. The van der Waals surface area contributed by atoms with E-state index in [1.54, 1.807) is 24.3 Å². The fraction of sp³-hybridized carbons (Fsp3) is 0.222. The van der Waals surface area contributed by atoms with E-state index in [1.165, 1.54) is 11.8 Å². The van der Waals surface area contributed by atoms with Crippen molar-refractivity contribution in [2.75, 3.05) is 5.32 Å². The minimum Gasteiger partial charge on any atom is -0.480 e. The highest BCUT2D eigenvalue weighted by Crippen LogP contribution is 2.41. The quantitative estimate of drug-likeness (QED) is 0.494. The van der Waals surface area contributed by atoms with Gasteiger partial charge in [-0.1, -0.05) is 60.1 Å². The number of likely N-dealkylation sites (tertiary alicyclic amines) is 1. The molecule has 0 aromatic heterocycles. The number of nitrogens with zero attached hydrogens (tertiary/aromatic N) is 1. The Balaban J connectivity index is 1.80. The molecule has 2 atom stereocenters. The first-order chi connectivity index (χ1) is 16.3. The average Bonchev–Trinajstić information content (AvgIpc) is 3.24. The van der Waals surface area contributed by atoms with Crippen molar-refractivity contribution in [3.05, 3.63) is 88.4 Å². The number of hydrogen-bond acceptors (Lipinski definition) is 3. The predicted octanol–water partition coefficient (Wildman–Crippen LogP) is 5.70. The lowest BCUT2D eigenvalue weighted by Crippen LogP contribution is -2.42. The minimum atomic E-state index is -1.07. The fourth-order valence-electron chi connectivity index (χ4n) is 4.61. The summed E-state index contributed by atoms with van der Waals surface area (Å²) in [5.41, 5.74) is 4.16. The van der Waals surface area contributed by atoms with Gasteiger partial charge in [-0.25, -0.2) is 4.79 Å². The van der Waals surface area contributed by atoms with Gasteiger partial charge in [0.2, 0.25) is 5.91 Å². The second-order valence-corrected chi connectivity index (χ2v) is 8.84. The first kappa shape index (κ1) is 23.5. The fourth-order valence-corrected chi connectivity index (χ4v) is 4.88. The summed E-state index contributed by atoms with van der Waals surface area (Å²) in [6.45, 7) is 3.36. The molecule has 3 aromatic carbocycles. The number of hydrogen-bond donors (Lipinski definition) is 2. The minimum absolute atomic E-state index is 0.234. The van der Waals surface area contributed by atoms with Crippen molar-refractivity contribution in [3.8, 4) is 11.1 Å². The number of anilines is 1. The third-order valence-corrected chi connectivity index (χ3v) is 6.53. The summed E-state index contributed by atoms with van der Waals surface area (Å²) in [6.07, 6.45) is 0.789. The van der Waals surface area contributed by atoms with Crippen LogP contribution in [0.5, 0.6) is 0 Å². The highest BCUT2D eigenvalue weighted by Gasteiger charge is 2.43. The predicted molar refractivity (Wildman–Crippen MR) is 132 cm³/mol. The number of nitrogens with one attached hydrogen (secondary N) is 1. The maximum Gasteiger partial charge on any atom is 0.326 e. The molecular formula is C27H25ClN2O4. The lowest BCUT2D eigenvalue weighted by molar-refractivity contribution is -0.141. The van der Waals surface area contributed by atoms with Crippen molar-refractivity contribution in [3.63, 3.8) is 0 Å². The standard InChI is InChI=1S/C27H25ClN2O4/c1-16-7-3-4-8-19(16)18-11-12-21(23(15-18)29-17(2)31)26(32)30-24(13-14-25(30)27(33)34)20-9-5-6-10-22(20)28/h3-12,15,24-25H,13-14H2,1-2H3,(H,29,31)(H,33,34)/t24-,25+/m1/s1. The van der Waals surface area contributed by atoms with Gasteiger partial charge in [-0.2, -0.15) is 0 Å². The highest BCUT2D eigenvalue weighted by molar-refractivity contribution is 6.31. The van der Waals surface area contributed by atoms with Crippen molar-refractivity contribution in [2.45, 2.75) is 38.8 Å². The smallest absolute Gasteiger partial charge is 0.326 e. The molecule has 2 N–H and O–H groups in total. The summed E-state index contributed by atoms with van der Waals surface area (Å²) in [5, 5.41) is 13.1. The van der Waals surface area contributed by atoms with E-state index >= 15 is 0 Å². The number of rotatable bonds is 5. The van der Waals surface area contributed by atoms with Crippen molar-refractivity contribution in [1.29, 1.82) is 0 Å². The van der Waals surface area contributed by atoms with Crippen molar-refractivity contribution < 1.29 is 19.5 Å². The molecule has 0 aliphatic carbocycles. The van der Waals surface area contributed by atoms with Gasteiger partial charge in [-0.3, -0.25) is 9.59 Å². The van der Waals surface area contributed by atoms with E-state index in [2.05, 4.69) is 5.32 Å². The van der Waals surface area contributed by atoms with Crippen molar-refractivity contribution in [2.24, 2.45) is 0 Å².